The molecule has 0 unspecified atom stereocenters. The number of amides is 2. The maximum absolute atomic E-state index is 13.0. The molecular formula is C20H18F3N5O4. The third-order valence-electron chi connectivity index (χ3n) is 3.88. The standard InChI is InChI=1S/C20H18F3N5O4/c21-20(22,23)16(24)14(11-27-13-4-2-1-3-5-13)18(30)26-9-8-25-17(29)12-6-7-15(19(31)32)28-10-12/h1-7,10-11H,8-9,24H2,(H,25,29)(H,26,30)(H,31,32). The summed E-state index contributed by atoms with van der Waals surface area (Å²) in [5.74, 6) is -2.99. The van der Waals surface area contributed by atoms with Gasteiger partial charge in [0.15, 0.2) is 0 Å². The van der Waals surface area contributed by atoms with Crippen LogP contribution in [0.5, 0.6) is 0 Å². The van der Waals surface area contributed by atoms with E-state index in [1.165, 1.54) is 18.2 Å². The molecule has 0 atom stereocenters. The van der Waals surface area contributed by atoms with Crippen molar-refractivity contribution in [3.8, 4) is 0 Å². The summed E-state index contributed by atoms with van der Waals surface area (Å²) < 4.78 is 39.1. The van der Waals surface area contributed by atoms with Crippen molar-refractivity contribution in [1.82, 2.24) is 15.6 Å². The molecule has 9 nitrogen and oxygen atoms in total. The molecule has 2 amide bonds. The first kappa shape index (κ1) is 24.1. The van der Waals surface area contributed by atoms with E-state index in [0.29, 0.717) is 5.69 Å². The van der Waals surface area contributed by atoms with Gasteiger partial charge in [-0.1, -0.05) is 18.2 Å². The second kappa shape index (κ2) is 10.7. The zero-order chi connectivity index (χ0) is 23.7. The molecule has 32 heavy (non-hydrogen) atoms. The van der Waals surface area contributed by atoms with Crippen LogP contribution in [0.3, 0.4) is 0 Å². The Morgan fingerprint density at radius 1 is 1.06 bits per heavy atom. The summed E-state index contributed by atoms with van der Waals surface area (Å²) in [7, 11) is 0. The Morgan fingerprint density at radius 2 is 1.72 bits per heavy atom. The number of para-hydroxylation sites is 1. The fourth-order valence-corrected chi connectivity index (χ4v) is 2.26. The molecule has 0 fully saturated rings. The molecule has 168 valence electrons. The normalized spacial score (nSPS) is 12.2. The third-order valence-corrected chi connectivity index (χ3v) is 3.88. The summed E-state index contributed by atoms with van der Waals surface area (Å²) >= 11 is 0. The number of rotatable bonds is 8. The van der Waals surface area contributed by atoms with Crippen molar-refractivity contribution in [2.75, 3.05) is 13.1 Å². The number of hydrogen-bond donors (Lipinski definition) is 4. The minimum Gasteiger partial charge on any atom is -0.477 e. The number of pyridine rings is 1. The van der Waals surface area contributed by atoms with Crippen molar-refractivity contribution < 1.29 is 32.7 Å². The van der Waals surface area contributed by atoms with Gasteiger partial charge in [-0.2, -0.15) is 13.2 Å². The van der Waals surface area contributed by atoms with Crippen molar-refractivity contribution >= 4 is 29.7 Å². The molecule has 0 aliphatic heterocycles. The second-order valence-electron chi connectivity index (χ2n) is 6.17. The van der Waals surface area contributed by atoms with Gasteiger partial charge < -0.3 is 21.5 Å². The van der Waals surface area contributed by atoms with E-state index in [4.69, 9.17) is 10.8 Å². The van der Waals surface area contributed by atoms with Crippen LogP contribution in [0.2, 0.25) is 0 Å². The first-order chi connectivity index (χ1) is 15.1. The van der Waals surface area contributed by atoms with Gasteiger partial charge in [-0.05, 0) is 24.3 Å². The Morgan fingerprint density at radius 3 is 2.28 bits per heavy atom. The zero-order valence-electron chi connectivity index (χ0n) is 16.4. The molecule has 1 aromatic heterocycles. The topological polar surface area (TPSA) is 147 Å². The van der Waals surface area contributed by atoms with Gasteiger partial charge in [0, 0.05) is 25.5 Å². The Bertz CT molecular complexity index is 1040. The fraction of sp³-hybridized carbons (Fsp3) is 0.150. The zero-order valence-corrected chi connectivity index (χ0v) is 16.4. The molecule has 0 radical (unpaired) electrons. The number of carbonyl (C=O) groups is 3. The predicted octanol–water partition coefficient (Wildman–Crippen LogP) is 1.80. The number of allylic oxidation sites excluding steroid dienone is 1. The number of halogens is 3. The number of aliphatic imine (C=N–C) groups is 1. The predicted molar refractivity (Wildman–Crippen MR) is 108 cm³/mol. The lowest BCUT2D eigenvalue weighted by Crippen LogP contribution is -2.37. The quantitative estimate of drug-likeness (QED) is 0.275. The van der Waals surface area contributed by atoms with E-state index in [9.17, 15) is 27.6 Å². The van der Waals surface area contributed by atoms with Crippen molar-refractivity contribution in [2.24, 2.45) is 10.7 Å². The monoisotopic (exact) mass is 449 g/mol. The Labute approximate surface area is 179 Å². The highest BCUT2D eigenvalue weighted by Crippen LogP contribution is 2.24. The maximum Gasteiger partial charge on any atom is 0.431 e. The number of benzene rings is 1. The summed E-state index contributed by atoms with van der Waals surface area (Å²) in [5, 5.41) is 13.4. The summed E-state index contributed by atoms with van der Waals surface area (Å²) in [5.41, 5.74) is 2.77. The average Bonchev–Trinajstić information content (AvgIpc) is 2.76. The molecule has 0 saturated heterocycles. The van der Waals surface area contributed by atoms with Crippen molar-refractivity contribution in [3.63, 3.8) is 0 Å². The van der Waals surface area contributed by atoms with Crippen molar-refractivity contribution in [2.45, 2.75) is 6.18 Å². The number of hydrogen-bond acceptors (Lipinski definition) is 6. The molecule has 0 bridgehead atoms. The van der Waals surface area contributed by atoms with Crippen LogP contribution in [-0.2, 0) is 4.79 Å². The van der Waals surface area contributed by atoms with E-state index in [0.717, 1.165) is 18.5 Å². The van der Waals surface area contributed by atoms with Crippen molar-refractivity contribution in [3.05, 3.63) is 71.2 Å². The molecule has 1 aromatic carbocycles. The number of nitrogens with one attached hydrogen (secondary N) is 2. The fourth-order valence-electron chi connectivity index (χ4n) is 2.26. The smallest absolute Gasteiger partial charge is 0.431 e. The summed E-state index contributed by atoms with van der Waals surface area (Å²) in [6.45, 7) is -0.334. The van der Waals surface area contributed by atoms with Crippen LogP contribution in [0.4, 0.5) is 18.9 Å². The minimum absolute atomic E-state index is 0.0678. The van der Waals surface area contributed by atoms with Crippen LogP contribution in [-0.4, -0.2) is 53.4 Å². The number of alkyl halides is 3. The van der Waals surface area contributed by atoms with E-state index in [-0.39, 0.29) is 24.3 Å². The highest BCUT2D eigenvalue weighted by atomic mass is 19.4. The molecule has 0 spiro atoms. The van der Waals surface area contributed by atoms with Crippen LogP contribution < -0.4 is 16.4 Å². The summed E-state index contributed by atoms with van der Waals surface area (Å²) in [4.78, 5) is 42.4. The Kier molecular flexibility index (Phi) is 8.04. The molecule has 0 aliphatic carbocycles. The number of carboxylic acids is 1. The largest absolute Gasteiger partial charge is 0.477 e. The van der Waals surface area contributed by atoms with Crippen LogP contribution in [0.15, 0.2) is 64.9 Å². The van der Waals surface area contributed by atoms with E-state index >= 15 is 0 Å². The molecule has 2 aromatic rings. The summed E-state index contributed by atoms with van der Waals surface area (Å²) in [6, 6.07) is 10.4. The lowest BCUT2D eigenvalue weighted by molar-refractivity contribution is -0.118. The minimum atomic E-state index is -4.95. The van der Waals surface area contributed by atoms with E-state index < -0.39 is 35.2 Å². The SMILES string of the molecule is NC(=C(C=Nc1ccccc1)C(=O)NCCNC(=O)c1ccc(C(=O)O)nc1)C(F)(F)F. The van der Waals surface area contributed by atoms with Gasteiger partial charge >= 0.3 is 12.1 Å². The van der Waals surface area contributed by atoms with Gasteiger partial charge in [-0.15, -0.1) is 0 Å². The molecule has 5 N–H and O–H groups in total. The molecule has 12 heteroatoms. The molecule has 2 rings (SSSR count). The number of carboxylic acid groups (broad SMARTS) is 1. The lowest BCUT2D eigenvalue weighted by Gasteiger charge is -2.12. The van der Waals surface area contributed by atoms with Gasteiger partial charge in [0.05, 0.1) is 16.8 Å². The number of aromatic carboxylic acids is 1. The molecule has 0 aliphatic rings. The van der Waals surface area contributed by atoms with Crippen LogP contribution in [0, 0.1) is 0 Å². The van der Waals surface area contributed by atoms with Gasteiger partial charge in [0.1, 0.15) is 11.4 Å². The lowest BCUT2D eigenvalue weighted by atomic mass is 10.2. The molecule has 0 saturated carbocycles. The number of aromatic nitrogens is 1. The van der Waals surface area contributed by atoms with E-state index in [1.54, 1.807) is 18.2 Å². The first-order valence-corrected chi connectivity index (χ1v) is 9.01. The van der Waals surface area contributed by atoms with Crippen molar-refractivity contribution in [1.29, 1.82) is 0 Å². The average molecular weight is 449 g/mol. The maximum atomic E-state index is 13.0. The van der Waals surface area contributed by atoms with Crippen LogP contribution in [0.1, 0.15) is 20.8 Å². The molecular weight excluding hydrogens is 431 g/mol. The van der Waals surface area contributed by atoms with Crippen LogP contribution in [0.25, 0.3) is 0 Å². The van der Waals surface area contributed by atoms with E-state index in [1.807, 2.05) is 0 Å². The highest BCUT2D eigenvalue weighted by Gasteiger charge is 2.35. The van der Waals surface area contributed by atoms with Gasteiger partial charge in [-0.3, -0.25) is 14.6 Å². The van der Waals surface area contributed by atoms with Gasteiger partial charge in [0.25, 0.3) is 11.8 Å². The Hall–Kier alpha value is -4.22. The highest BCUT2D eigenvalue weighted by molar-refractivity contribution is 6.13. The second-order valence-corrected chi connectivity index (χ2v) is 6.17. The Balaban J connectivity index is 1.98. The van der Waals surface area contributed by atoms with Gasteiger partial charge in [0.2, 0.25) is 0 Å². The summed E-state index contributed by atoms with van der Waals surface area (Å²) in [6.07, 6.45) is -3.16. The van der Waals surface area contributed by atoms with Crippen LogP contribution >= 0.6 is 0 Å². The third kappa shape index (κ3) is 6.93. The number of carbonyl (C=O) groups excluding carboxylic acids is 2. The molecule has 1 heterocycles. The number of nitrogens with two attached hydrogens (primary N) is 1. The number of nitrogens with zero attached hydrogens (tertiary/aromatic N) is 2. The van der Waals surface area contributed by atoms with E-state index in [2.05, 4.69) is 20.6 Å². The van der Waals surface area contributed by atoms with Gasteiger partial charge in [-0.25, -0.2) is 9.78 Å². The first-order valence-electron chi connectivity index (χ1n) is 9.01.